The Hall–Kier alpha value is -2.29. The standard InChI is InChI=1S/C14H16BrN5O3/c1-14(2,3)11-6-9(19(4)18-11)13(21)17-8-5-12(15)16-7-10(8)20(22)23/h5-7H,1-4H3,(H,16,17,21). The van der Waals surface area contributed by atoms with Gasteiger partial charge in [-0.05, 0) is 22.0 Å². The molecule has 0 aliphatic rings. The van der Waals surface area contributed by atoms with E-state index in [-0.39, 0.29) is 16.8 Å². The number of nitrogens with zero attached hydrogens (tertiary/aromatic N) is 4. The maximum absolute atomic E-state index is 12.4. The van der Waals surface area contributed by atoms with Gasteiger partial charge < -0.3 is 5.32 Å². The number of hydrogen-bond donors (Lipinski definition) is 1. The first-order valence-electron chi connectivity index (χ1n) is 6.75. The molecule has 0 aliphatic heterocycles. The number of aryl methyl sites for hydroxylation is 1. The van der Waals surface area contributed by atoms with Crippen molar-refractivity contribution in [1.29, 1.82) is 0 Å². The van der Waals surface area contributed by atoms with Gasteiger partial charge in [0.05, 0.1) is 10.6 Å². The van der Waals surface area contributed by atoms with Crippen molar-refractivity contribution in [3.05, 3.63) is 44.4 Å². The van der Waals surface area contributed by atoms with Crippen LogP contribution in [0.1, 0.15) is 37.0 Å². The van der Waals surface area contributed by atoms with Crippen LogP contribution in [0.2, 0.25) is 0 Å². The summed E-state index contributed by atoms with van der Waals surface area (Å²) < 4.78 is 1.84. The average molecular weight is 382 g/mol. The summed E-state index contributed by atoms with van der Waals surface area (Å²) in [6.07, 6.45) is 1.09. The monoisotopic (exact) mass is 381 g/mol. The minimum Gasteiger partial charge on any atom is -0.315 e. The number of nitrogens with one attached hydrogen (secondary N) is 1. The van der Waals surface area contributed by atoms with Gasteiger partial charge in [-0.25, -0.2) is 4.98 Å². The number of carbonyl (C=O) groups is 1. The van der Waals surface area contributed by atoms with E-state index in [1.807, 2.05) is 20.8 Å². The van der Waals surface area contributed by atoms with E-state index in [0.717, 1.165) is 11.9 Å². The third-order valence-electron chi connectivity index (χ3n) is 3.18. The van der Waals surface area contributed by atoms with Crippen LogP contribution in [0.5, 0.6) is 0 Å². The first-order valence-corrected chi connectivity index (χ1v) is 7.54. The molecule has 0 unspecified atom stereocenters. The van der Waals surface area contributed by atoms with Crippen LogP contribution in [0.4, 0.5) is 11.4 Å². The molecule has 0 atom stereocenters. The Labute approximate surface area is 141 Å². The van der Waals surface area contributed by atoms with Crippen molar-refractivity contribution in [1.82, 2.24) is 14.8 Å². The van der Waals surface area contributed by atoms with Crippen LogP contribution in [0.25, 0.3) is 0 Å². The molecule has 0 aromatic carbocycles. The predicted octanol–water partition coefficient (Wildman–Crippen LogP) is 3.04. The Morgan fingerprint density at radius 1 is 1.39 bits per heavy atom. The van der Waals surface area contributed by atoms with Gasteiger partial charge in [-0.1, -0.05) is 20.8 Å². The lowest BCUT2D eigenvalue weighted by Gasteiger charge is -2.13. The number of halogens is 1. The minimum atomic E-state index is -0.598. The van der Waals surface area contributed by atoms with E-state index in [2.05, 4.69) is 31.3 Å². The normalized spacial score (nSPS) is 11.3. The van der Waals surface area contributed by atoms with Crippen LogP contribution in [-0.2, 0) is 12.5 Å². The SMILES string of the molecule is Cn1nc(C(C)(C)C)cc1C(=O)Nc1cc(Br)ncc1[N+](=O)[O-]. The van der Waals surface area contributed by atoms with Crippen LogP contribution in [0.15, 0.2) is 22.9 Å². The average Bonchev–Trinajstić information content (AvgIpc) is 2.80. The summed E-state index contributed by atoms with van der Waals surface area (Å²) in [5, 5.41) is 17.9. The Bertz CT molecular complexity index is 779. The quantitative estimate of drug-likeness (QED) is 0.499. The summed E-state index contributed by atoms with van der Waals surface area (Å²) in [4.78, 5) is 26.7. The van der Waals surface area contributed by atoms with Gasteiger partial charge in [-0.3, -0.25) is 19.6 Å². The van der Waals surface area contributed by atoms with Crippen molar-refractivity contribution in [3.63, 3.8) is 0 Å². The molecule has 0 bridgehead atoms. The van der Waals surface area contributed by atoms with Crippen molar-refractivity contribution in [2.24, 2.45) is 7.05 Å². The Kier molecular flexibility index (Phi) is 4.51. The lowest BCUT2D eigenvalue weighted by Crippen LogP contribution is -2.17. The molecule has 0 saturated heterocycles. The summed E-state index contributed by atoms with van der Waals surface area (Å²) in [7, 11) is 1.65. The third kappa shape index (κ3) is 3.73. The van der Waals surface area contributed by atoms with E-state index >= 15 is 0 Å². The van der Waals surface area contributed by atoms with Gasteiger partial charge in [0, 0.05) is 18.5 Å². The van der Waals surface area contributed by atoms with Gasteiger partial charge in [0.1, 0.15) is 22.2 Å². The molecule has 122 valence electrons. The maximum atomic E-state index is 12.4. The topological polar surface area (TPSA) is 103 Å². The second-order valence-electron chi connectivity index (χ2n) is 6.02. The van der Waals surface area contributed by atoms with Crippen LogP contribution >= 0.6 is 15.9 Å². The molecule has 0 radical (unpaired) electrons. The van der Waals surface area contributed by atoms with E-state index in [1.54, 1.807) is 13.1 Å². The highest BCUT2D eigenvalue weighted by Crippen LogP contribution is 2.27. The number of carbonyl (C=O) groups excluding carboxylic acids is 1. The third-order valence-corrected chi connectivity index (χ3v) is 3.61. The molecular weight excluding hydrogens is 366 g/mol. The summed E-state index contributed by atoms with van der Waals surface area (Å²) in [6, 6.07) is 3.06. The molecule has 0 spiro atoms. The molecular formula is C14H16BrN5O3. The van der Waals surface area contributed by atoms with Crippen LogP contribution < -0.4 is 5.32 Å². The first-order chi connectivity index (χ1) is 10.6. The number of anilines is 1. The van der Waals surface area contributed by atoms with Crippen LogP contribution in [0.3, 0.4) is 0 Å². The Balaban J connectivity index is 2.35. The number of rotatable bonds is 3. The van der Waals surface area contributed by atoms with Crippen molar-refractivity contribution < 1.29 is 9.72 Å². The van der Waals surface area contributed by atoms with Crippen molar-refractivity contribution >= 4 is 33.2 Å². The zero-order chi connectivity index (χ0) is 17.4. The van der Waals surface area contributed by atoms with E-state index in [9.17, 15) is 14.9 Å². The first kappa shape index (κ1) is 17.1. The number of amides is 1. The molecule has 23 heavy (non-hydrogen) atoms. The molecule has 1 N–H and O–H groups in total. The van der Waals surface area contributed by atoms with E-state index in [1.165, 1.54) is 10.7 Å². The Morgan fingerprint density at radius 2 is 2.04 bits per heavy atom. The number of aromatic nitrogens is 3. The maximum Gasteiger partial charge on any atom is 0.310 e. The number of hydrogen-bond acceptors (Lipinski definition) is 5. The highest BCUT2D eigenvalue weighted by Gasteiger charge is 2.23. The highest BCUT2D eigenvalue weighted by molar-refractivity contribution is 9.10. The lowest BCUT2D eigenvalue weighted by atomic mass is 9.92. The molecule has 8 nitrogen and oxygen atoms in total. The zero-order valence-corrected chi connectivity index (χ0v) is 14.7. The van der Waals surface area contributed by atoms with Gasteiger partial charge in [0.2, 0.25) is 0 Å². The molecule has 2 aromatic rings. The molecule has 2 aromatic heterocycles. The second kappa shape index (κ2) is 6.07. The van der Waals surface area contributed by atoms with Gasteiger partial charge in [-0.15, -0.1) is 0 Å². The molecule has 0 aliphatic carbocycles. The Morgan fingerprint density at radius 3 is 2.57 bits per heavy atom. The van der Waals surface area contributed by atoms with Crippen molar-refractivity contribution in [3.8, 4) is 0 Å². The van der Waals surface area contributed by atoms with E-state index in [0.29, 0.717) is 10.3 Å². The fourth-order valence-electron chi connectivity index (χ4n) is 1.90. The smallest absolute Gasteiger partial charge is 0.310 e. The van der Waals surface area contributed by atoms with Crippen LogP contribution in [0, 0.1) is 10.1 Å². The summed E-state index contributed by atoms with van der Waals surface area (Å²) >= 11 is 3.13. The molecule has 0 saturated carbocycles. The molecule has 1 amide bonds. The summed E-state index contributed by atoms with van der Waals surface area (Å²) in [6.45, 7) is 5.96. The molecule has 2 heterocycles. The van der Waals surface area contributed by atoms with Crippen molar-refractivity contribution in [2.45, 2.75) is 26.2 Å². The zero-order valence-electron chi connectivity index (χ0n) is 13.1. The van der Waals surface area contributed by atoms with Gasteiger partial charge in [-0.2, -0.15) is 5.10 Å². The molecule has 2 rings (SSSR count). The van der Waals surface area contributed by atoms with Gasteiger partial charge in [0.15, 0.2) is 0 Å². The summed E-state index contributed by atoms with van der Waals surface area (Å²) in [5.74, 6) is -0.475. The fraction of sp³-hybridized carbons (Fsp3) is 0.357. The minimum absolute atomic E-state index is 0.0698. The van der Waals surface area contributed by atoms with E-state index < -0.39 is 10.8 Å². The van der Waals surface area contributed by atoms with Crippen molar-refractivity contribution in [2.75, 3.05) is 5.32 Å². The molecule has 9 heteroatoms. The number of nitro groups is 1. The van der Waals surface area contributed by atoms with E-state index in [4.69, 9.17) is 0 Å². The largest absolute Gasteiger partial charge is 0.315 e. The summed E-state index contributed by atoms with van der Waals surface area (Å²) in [5.41, 5.74) is 0.662. The van der Waals surface area contributed by atoms with Crippen LogP contribution in [-0.4, -0.2) is 25.6 Å². The number of pyridine rings is 1. The molecule has 0 fully saturated rings. The predicted molar refractivity (Wildman–Crippen MR) is 88.5 cm³/mol. The highest BCUT2D eigenvalue weighted by atomic mass is 79.9. The lowest BCUT2D eigenvalue weighted by molar-refractivity contribution is -0.384. The van der Waals surface area contributed by atoms with Gasteiger partial charge >= 0.3 is 5.69 Å². The van der Waals surface area contributed by atoms with Gasteiger partial charge in [0.25, 0.3) is 5.91 Å². The second-order valence-corrected chi connectivity index (χ2v) is 6.84. The fourth-order valence-corrected chi connectivity index (χ4v) is 2.23.